The summed E-state index contributed by atoms with van der Waals surface area (Å²) in [7, 11) is 0. The molecule has 2 aliphatic heterocycles. The van der Waals surface area contributed by atoms with Gasteiger partial charge in [0.25, 0.3) is 5.91 Å². The number of carbonyl (C=O) groups is 1. The van der Waals surface area contributed by atoms with Crippen LogP contribution < -0.4 is 10.6 Å². The number of nitrogens with two attached hydrogens (primary N) is 1. The van der Waals surface area contributed by atoms with E-state index in [0.717, 1.165) is 50.9 Å². The lowest BCUT2D eigenvalue weighted by Crippen LogP contribution is -2.39. The minimum Gasteiger partial charge on any atom is -0.371 e. The van der Waals surface area contributed by atoms with Gasteiger partial charge in [0.05, 0.1) is 11.3 Å². The van der Waals surface area contributed by atoms with Crippen LogP contribution in [0.4, 0.5) is 14.5 Å². The number of halogens is 2. The van der Waals surface area contributed by atoms with Crippen molar-refractivity contribution in [2.24, 2.45) is 5.73 Å². The Hall–Kier alpha value is -3.77. The minimum atomic E-state index is -0.695. The Labute approximate surface area is 208 Å². The van der Waals surface area contributed by atoms with Crippen molar-refractivity contribution < 1.29 is 13.6 Å². The average Bonchev–Trinajstić information content (AvgIpc) is 3.51. The fourth-order valence-electron chi connectivity index (χ4n) is 5.00. The molecule has 2 saturated heterocycles. The number of likely N-dealkylation sites (tertiary alicyclic amines) is 1. The zero-order valence-electron chi connectivity index (χ0n) is 20.0. The van der Waals surface area contributed by atoms with Gasteiger partial charge in [-0.05, 0) is 62.1 Å². The molecule has 0 unspecified atom stereocenters. The van der Waals surface area contributed by atoms with E-state index in [9.17, 15) is 9.18 Å². The highest BCUT2D eigenvalue weighted by Gasteiger charge is 2.26. The Balaban J connectivity index is 1.58. The molecule has 2 aromatic carbocycles. The molecular formula is C27H28F2N6O. The Morgan fingerprint density at radius 2 is 1.78 bits per heavy atom. The minimum absolute atomic E-state index is 0.0965. The second-order valence-corrected chi connectivity index (χ2v) is 9.47. The molecule has 3 heterocycles. The number of nitriles is 1. The second-order valence-electron chi connectivity index (χ2n) is 9.47. The topological polar surface area (TPSA) is 91.2 Å². The summed E-state index contributed by atoms with van der Waals surface area (Å²) in [5.74, 6) is -1.48. The number of carbonyl (C=O) groups excluding carboxylic acids is 1. The SMILES string of the molecule is N#Cc1ccc(-c2cc(C(=O)N3CCCC[C@@H](N)C3)nn2-c2ccc(N3CCCC3)cc2F)cc1F. The summed E-state index contributed by atoms with van der Waals surface area (Å²) in [4.78, 5) is 17.2. The van der Waals surface area contributed by atoms with Gasteiger partial charge in [-0.1, -0.05) is 12.5 Å². The number of hydrogen-bond acceptors (Lipinski definition) is 5. The van der Waals surface area contributed by atoms with Crippen LogP contribution in [0.15, 0.2) is 42.5 Å². The Morgan fingerprint density at radius 3 is 2.50 bits per heavy atom. The van der Waals surface area contributed by atoms with Gasteiger partial charge in [-0.3, -0.25) is 4.79 Å². The molecule has 0 spiro atoms. The maximum absolute atomic E-state index is 15.4. The first-order chi connectivity index (χ1) is 17.4. The third-order valence-corrected chi connectivity index (χ3v) is 6.94. The smallest absolute Gasteiger partial charge is 0.274 e. The van der Waals surface area contributed by atoms with E-state index in [1.54, 1.807) is 29.2 Å². The molecule has 0 aliphatic carbocycles. The largest absolute Gasteiger partial charge is 0.371 e. The van der Waals surface area contributed by atoms with E-state index < -0.39 is 11.6 Å². The number of nitrogens with zero attached hydrogens (tertiary/aromatic N) is 5. The van der Waals surface area contributed by atoms with Gasteiger partial charge in [0.15, 0.2) is 11.5 Å². The van der Waals surface area contributed by atoms with Crippen molar-refractivity contribution in [3.63, 3.8) is 0 Å². The molecule has 36 heavy (non-hydrogen) atoms. The molecule has 186 valence electrons. The van der Waals surface area contributed by atoms with Gasteiger partial charge in [0.1, 0.15) is 17.6 Å². The predicted molar refractivity (Wildman–Crippen MR) is 133 cm³/mol. The summed E-state index contributed by atoms with van der Waals surface area (Å²) in [5, 5.41) is 13.6. The molecule has 0 bridgehead atoms. The summed E-state index contributed by atoms with van der Waals surface area (Å²) in [6.45, 7) is 2.75. The summed E-state index contributed by atoms with van der Waals surface area (Å²) in [5.41, 5.74) is 7.87. The van der Waals surface area contributed by atoms with E-state index in [1.807, 2.05) is 6.07 Å². The number of rotatable bonds is 4. The lowest BCUT2D eigenvalue weighted by atomic mass is 10.1. The second kappa shape index (κ2) is 10.1. The molecule has 7 nitrogen and oxygen atoms in total. The zero-order chi connectivity index (χ0) is 25.2. The number of amides is 1. The molecule has 2 fully saturated rings. The maximum atomic E-state index is 15.4. The van der Waals surface area contributed by atoms with E-state index in [1.165, 1.54) is 22.9 Å². The number of aromatic nitrogens is 2. The molecule has 1 aromatic heterocycles. The Bertz CT molecular complexity index is 1320. The molecule has 2 N–H and O–H groups in total. The number of benzene rings is 2. The molecular weight excluding hydrogens is 462 g/mol. The predicted octanol–water partition coefficient (Wildman–Crippen LogP) is 4.24. The third kappa shape index (κ3) is 4.69. The number of anilines is 1. The van der Waals surface area contributed by atoms with Crippen molar-refractivity contribution >= 4 is 11.6 Å². The third-order valence-electron chi connectivity index (χ3n) is 6.94. The van der Waals surface area contributed by atoms with Gasteiger partial charge in [-0.15, -0.1) is 0 Å². The van der Waals surface area contributed by atoms with Crippen molar-refractivity contribution in [3.8, 4) is 23.0 Å². The highest BCUT2D eigenvalue weighted by molar-refractivity contribution is 5.93. The van der Waals surface area contributed by atoms with Gasteiger partial charge in [0.2, 0.25) is 0 Å². The van der Waals surface area contributed by atoms with Crippen LogP contribution in [0.5, 0.6) is 0 Å². The van der Waals surface area contributed by atoms with Crippen LogP contribution in [-0.2, 0) is 0 Å². The molecule has 0 radical (unpaired) electrons. The highest BCUT2D eigenvalue weighted by atomic mass is 19.1. The van der Waals surface area contributed by atoms with Crippen molar-refractivity contribution in [3.05, 3.63) is 65.4 Å². The summed E-state index contributed by atoms with van der Waals surface area (Å²) < 4.78 is 31.3. The highest BCUT2D eigenvalue weighted by Crippen LogP contribution is 2.30. The summed E-state index contributed by atoms with van der Waals surface area (Å²) in [6, 6.07) is 12.3. The fraction of sp³-hybridized carbons (Fsp3) is 0.370. The quantitative estimate of drug-likeness (QED) is 0.591. The van der Waals surface area contributed by atoms with Crippen molar-refractivity contribution in [1.82, 2.24) is 14.7 Å². The van der Waals surface area contributed by atoms with Crippen LogP contribution in [0.1, 0.15) is 48.2 Å². The number of hydrogen-bond donors (Lipinski definition) is 1. The van der Waals surface area contributed by atoms with Crippen molar-refractivity contribution in [2.75, 3.05) is 31.1 Å². The van der Waals surface area contributed by atoms with Crippen LogP contribution in [0.3, 0.4) is 0 Å². The van der Waals surface area contributed by atoms with E-state index >= 15 is 4.39 Å². The van der Waals surface area contributed by atoms with Gasteiger partial charge in [-0.25, -0.2) is 13.5 Å². The molecule has 3 aromatic rings. The van der Waals surface area contributed by atoms with Gasteiger partial charge < -0.3 is 15.5 Å². The Morgan fingerprint density at radius 1 is 1.00 bits per heavy atom. The molecule has 1 atom stereocenters. The lowest BCUT2D eigenvalue weighted by molar-refractivity contribution is 0.0748. The molecule has 9 heteroatoms. The fourth-order valence-corrected chi connectivity index (χ4v) is 5.00. The van der Waals surface area contributed by atoms with E-state index in [2.05, 4.69) is 10.00 Å². The van der Waals surface area contributed by atoms with Crippen LogP contribution in [0.2, 0.25) is 0 Å². The first kappa shape index (κ1) is 23.9. The summed E-state index contributed by atoms with van der Waals surface area (Å²) >= 11 is 0. The van der Waals surface area contributed by atoms with Crippen LogP contribution >= 0.6 is 0 Å². The monoisotopic (exact) mass is 490 g/mol. The van der Waals surface area contributed by atoms with Crippen molar-refractivity contribution in [2.45, 2.75) is 38.1 Å². The first-order valence-electron chi connectivity index (χ1n) is 12.3. The van der Waals surface area contributed by atoms with Gasteiger partial charge in [0, 0.05) is 43.5 Å². The van der Waals surface area contributed by atoms with Crippen LogP contribution in [-0.4, -0.2) is 52.8 Å². The summed E-state index contributed by atoms with van der Waals surface area (Å²) in [6.07, 6.45) is 4.79. The lowest BCUT2D eigenvalue weighted by Gasteiger charge is -2.21. The van der Waals surface area contributed by atoms with E-state index in [4.69, 9.17) is 11.0 Å². The van der Waals surface area contributed by atoms with Gasteiger partial charge >= 0.3 is 0 Å². The van der Waals surface area contributed by atoms with E-state index in [0.29, 0.717) is 24.3 Å². The van der Waals surface area contributed by atoms with Crippen molar-refractivity contribution in [1.29, 1.82) is 5.26 Å². The van der Waals surface area contributed by atoms with E-state index in [-0.39, 0.29) is 28.9 Å². The molecule has 2 aliphatic rings. The normalized spacial score (nSPS) is 18.2. The standard InChI is InChI=1S/C27H28F2N6O/c28-22-13-18(6-7-19(22)16-30)26-15-24(27(36)34-12-2-1-5-20(31)17-34)32-35(26)25-9-8-21(14-23(25)29)33-10-3-4-11-33/h6-9,13-15,20H,1-5,10-12,17,31H2/t20-/m1/s1. The molecule has 5 rings (SSSR count). The van der Waals surface area contributed by atoms with Crippen LogP contribution in [0, 0.1) is 23.0 Å². The Kier molecular flexibility index (Phi) is 6.70. The zero-order valence-corrected chi connectivity index (χ0v) is 20.0. The average molecular weight is 491 g/mol. The molecule has 0 saturated carbocycles. The molecule has 1 amide bonds. The van der Waals surface area contributed by atoms with Gasteiger partial charge in [-0.2, -0.15) is 10.4 Å². The first-order valence-corrected chi connectivity index (χ1v) is 12.3. The van der Waals surface area contributed by atoms with Crippen LogP contribution in [0.25, 0.3) is 16.9 Å². The maximum Gasteiger partial charge on any atom is 0.274 e.